The van der Waals surface area contributed by atoms with Gasteiger partial charge in [-0.3, -0.25) is 15.4 Å². The Hall–Kier alpha value is -3.31. The quantitative estimate of drug-likeness (QED) is 0.287. The topological polar surface area (TPSA) is 117 Å². The largest absolute Gasteiger partial charge is 0.327 e. The van der Waals surface area contributed by atoms with Gasteiger partial charge in [-0.25, -0.2) is 18.2 Å². The molecule has 0 fully saturated rings. The van der Waals surface area contributed by atoms with Gasteiger partial charge in [0, 0.05) is 12.6 Å². The molecule has 36 heavy (non-hydrogen) atoms. The number of halogens is 1. The van der Waals surface area contributed by atoms with Crippen LogP contribution in [0.4, 0.5) is 9.93 Å². The Morgan fingerprint density at radius 3 is 2.50 bits per heavy atom. The van der Waals surface area contributed by atoms with Crippen LogP contribution < -0.4 is 16.0 Å². The summed E-state index contributed by atoms with van der Waals surface area (Å²) < 4.78 is 26.3. The van der Waals surface area contributed by atoms with E-state index in [0.717, 1.165) is 16.9 Å². The summed E-state index contributed by atoms with van der Waals surface area (Å²) in [7, 11) is -3.53. The van der Waals surface area contributed by atoms with E-state index in [2.05, 4.69) is 20.9 Å². The van der Waals surface area contributed by atoms with Crippen molar-refractivity contribution >= 4 is 60.1 Å². The van der Waals surface area contributed by atoms with E-state index in [0.29, 0.717) is 16.8 Å². The number of imide groups is 1. The summed E-state index contributed by atoms with van der Waals surface area (Å²) in [6.07, 6.45) is 0. The maximum atomic E-state index is 12.9. The van der Waals surface area contributed by atoms with Gasteiger partial charge < -0.3 is 5.32 Å². The van der Waals surface area contributed by atoms with E-state index in [1.54, 1.807) is 30.3 Å². The number of anilines is 1. The molecule has 3 amide bonds. The Labute approximate surface area is 217 Å². The molecule has 0 aliphatic carbocycles. The molecule has 3 aromatic carbocycles. The van der Waals surface area contributed by atoms with Gasteiger partial charge in [-0.15, -0.1) is 0 Å². The van der Waals surface area contributed by atoms with Gasteiger partial charge in [0.15, 0.2) is 15.0 Å². The summed E-state index contributed by atoms with van der Waals surface area (Å²) in [6, 6.07) is 20.1. The van der Waals surface area contributed by atoms with Gasteiger partial charge in [-0.2, -0.15) is 0 Å². The van der Waals surface area contributed by atoms with E-state index in [-0.39, 0.29) is 32.4 Å². The maximum Gasteiger partial charge on any atom is 0.327 e. The van der Waals surface area contributed by atoms with Gasteiger partial charge in [-0.1, -0.05) is 65.4 Å². The number of hydrogen-bond donors (Lipinski definition) is 3. The van der Waals surface area contributed by atoms with Crippen LogP contribution in [0.1, 0.15) is 28.9 Å². The number of thiazole rings is 1. The summed E-state index contributed by atoms with van der Waals surface area (Å²) in [6.45, 7) is 2.28. The highest BCUT2D eigenvalue weighted by atomic mass is 35.5. The molecule has 1 heterocycles. The van der Waals surface area contributed by atoms with Crippen molar-refractivity contribution in [3.05, 3.63) is 88.9 Å². The van der Waals surface area contributed by atoms with Crippen molar-refractivity contribution in [2.24, 2.45) is 0 Å². The number of hydrogen-bond acceptors (Lipinski definition) is 7. The van der Waals surface area contributed by atoms with E-state index in [4.69, 9.17) is 11.6 Å². The Morgan fingerprint density at radius 2 is 1.75 bits per heavy atom. The molecule has 0 saturated heterocycles. The summed E-state index contributed by atoms with van der Waals surface area (Å²) >= 11 is 7.09. The number of carbonyl (C=O) groups is 2. The molecule has 0 aliphatic rings. The van der Waals surface area contributed by atoms with Crippen molar-refractivity contribution in [3.63, 3.8) is 0 Å². The zero-order valence-electron chi connectivity index (χ0n) is 19.2. The Bertz CT molecular complexity index is 1510. The molecule has 186 valence electrons. The lowest BCUT2D eigenvalue weighted by Gasteiger charge is -2.14. The van der Waals surface area contributed by atoms with Crippen LogP contribution in [-0.4, -0.2) is 37.6 Å². The normalized spacial score (nSPS) is 12.3. The van der Waals surface area contributed by atoms with Crippen molar-refractivity contribution in [1.29, 1.82) is 0 Å². The molecular weight excluding hydrogens is 520 g/mol. The van der Waals surface area contributed by atoms with Gasteiger partial charge in [0.2, 0.25) is 0 Å². The van der Waals surface area contributed by atoms with Crippen LogP contribution >= 0.6 is 22.9 Å². The highest BCUT2D eigenvalue weighted by Crippen LogP contribution is 2.28. The third-order valence-corrected chi connectivity index (χ3v) is 8.38. The molecule has 8 nitrogen and oxygen atoms in total. The first kappa shape index (κ1) is 25.8. The van der Waals surface area contributed by atoms with Gasteiger partial charge in [0.1, 0.15) is 0 Å². The second kappa shape index (κ2) is 11.2. The highest BCUT2D eigenvalue weighted by molar-refractivity contribution is 7.91. The third kappa shape index (κ3) is 6.27. The van der Waals surface area contributed by atoms with Crippen molar-refractivity contribution in [2.45, 2.75) is 17.9 Å². The van der Waals surface area contributed by atoms with Crippen molar-refractivity contribution < 1.29 is 18.0 Å². The minimum Gasteiger partial charge on any atom is -0.309 e. The molecule has 0 radical (unpaired) electrons. The number of sulfone groups is 1. The number of urea groups is 1. The zero-order chi connectivity index (χ0) is 25.7. The molecular formula is C25H23ClN4O4S2. The first-order valence-electron chi connectivity index (χ1n) is 11.0. The second-order valence-corrected chi connectivity index (χ2v) is 11.5. The van der Waals surface area contributed by atoms with Crippen LogP contribution in [0.25, 0.3) is 10.2 Å². The van der Waals surface area contributed by atoms with E-state index in [1.807, 2.05) is 37.3 Å². The van der Waals surface area contributed by atoms with Crippen molar-refractivity contribution in [3.8, 4) is 0 Å². The number of rotatable bonds is 8. The fourth-order valence-corrected chi connectivity index (χ4v) is 5.87. The monoisotopic (exact) mass is 542 g/mol. The fourth-order valence-electron chi connectivity index (χ4n) is 3.48. The lowest BCUT2D eigenvalue weighted by Crippen LogP contribution is -2.34. The number of amides is 3. The van der Waals surface area contributed by atoms with Gasteiger partial charge >= 0.3 is 6.03 Å². The van der Waals surface area contributed by atoms with E-state index < -0.39 is 21.8 Å². The zero-order valence-corrected chi connectivity index (χ0v) is 21.6. The second-order valence-electron chi connectivity index (χ2n) is 7.94. The van der Waals surface area contributed by atoms with Crippen LogP contribution in [0.5, 0.6) is 0 Å². The van der Waals surface area contributed by atoms with Gasteiger partial charge in [0.05, 0.1) is 31.5 Å². The molecule has 4 aromatic rings. The number of nitrogens with one attached hydrogen (secondary N) is 3. The first-order chi connectivity index (χ1) is 17.2. The molecule has 1 aromatic heterocycles. The molecule has 1 atom stereocenters. The van der Waals surface area contributed by atoms with Gasteiger partial charge in [-0.05, 0) is 42.8 Å². The predicted molar refractivity (Wildman–Crippen MR) is 142 cm³/mol. The summed E-state index contributed by atoms with van der Waals surface area (Å²) in [5.74, 6) is -0.714. The van der Waals surface area contributed by atoms with Gasteiger partial charge in [0.25, 0.3) is 5.91 Å². The third-order valence-electron chi connectivity index (χ3n) is 5.41. The SMILES string of the molecule is CC(NCCS(=O)(=O)c1ccc2nc(NC(=O)NC(=O)c3ccccc3Cl)sc2c1)c1ccccc1. The lowest BCUT2D eigenvalue weighted by atomic mass is 10.1. The van der Waals surface area contributed by atoms with Crippen LogP contribution in [0, 0.1) is 0 Å². The molecule has 1 unspecified atom stereocenters. The standard InChI is InChI=1S/C25H23ClN4O4S2/c1-16(17-7-3-2-4-8-17)27-13-14-36(33,34)18-11-12-21-22(15-18)35-25(28-21)30-24(32)29-23(31)19-9-5-6-10-20(19)26/h2-12,15-16,27H,13-14H2,1H3,(H2,28,29,30,31,32). The Morgan fingerprint density at radius 1 is 1.03 bits per heavy atom. The molecule has 0 aliphatic heterocycles. The average molecular weight is 543 g/mol. The Kier molecular flexibility index (Phi) is 8.00. The van der Waals surface area contributed by atoms with Crippen LogP contribution in [0.2, 0.25) is 5.02 Å². The smallest absolute Gasteiger partial charge is 0.309 e. The minimum absolute atomic E-state index is 0.0231. The Balaban J connectivity index is 1.38. The molecule has 3 N–H and O–H groups in total. The highest BCUT2D eigenvalue weighted by Gasteiger charge is 2.18. The maximum absolute atomic E-state index is 12.9. The number of nitrogens with zero attached hydrogens (tertiary/aromatic N) is 1. The fraction of sp³-hybridized carbons (Fsp3) is 0.160. The van der Waals surface area contributed by atoms with Crippen LogP contribution in [0.3, 0.4) is 0 Å². The van der Waals surface area contributed by atoms with Crippen LogP contribution in [0.15, 0.2) is 77.7 Å². The number of aromatic nitrogens is 1. The first-order valence-corrected chi connectivity index (χ1v) is 13.9. The predicted octanol–water partition coefficient (Wildman–Crippen LogP) is 5.04. The molecule has 0 spiro atoms. The lowest BCUT2D eigenvalue weighted by molar-refractivity contribution is 0.0967. The van der Waals surface area contributed by atoms with E-state index >= 15 is 0 Å². The molecule has 4 rings (SSSR count). The molecule has 0 saturated carbocycles. The summed E-state index contributed by atoms with van der Waals surface area (Å²) in [5.41, 5.74) is 1.78. The average Bonchev–Trinajstić information content (AvgIpc) is 3.26. The van der Waals surface area contributed by atoms with E-state index in [9.17, 15) is 18.0 Å². The minimum atomic E-state index is -3.53. The molecule has 0 bridgehead atoms. The number of fused-ring (bicyclic) bond motifs is 1. The van der Waals surface area contributed by atoms with Crippen molar-refractivity contribution in [2.75, 3.05) is 17.6 Å². The van der Waals surface area contributed by atoms with Crippen LogP contribution in [-0.2, 0) is 9.84 Å². The number of carbonyl (C=O) groups excluding carboxylic acids is 2. The number of benzene rings is 3. The summed E-state index contributed by atoms with van der Waals surface area (Å²) in [4.78, 5) is 29.0. The van der Waals surface area contributed by atoms with Crippen molar-refractivity contribution in [1.82, 2.24) is 15.6 Å². The molecule has 11 heteroatoms. The summed E-state index contributed by atoms with van der Waals surface area (Å²) in [5, 5.41) is 8.39. The van der Waals surface area contributed by atoms with E-state index in [1.165, 1.54) is 12.1 Å².